The van der Waals surface area contributed by atoms with Gasteiger partial charge in [0.15, 0.2) is 0 Å². The van der Waals surface area contributed by atoms with Crippen LogP contribution in [0.1, 0.15) is 33.1 Å². The van der Waals surface area contributed by atoms with Crippen LogP contribution in [0.5, 0.6) is 0 Å². The van der Waals surface area contributed by atoms with E-state index in [9.17, 15) is 5.11 Å². The fraction of sp³-hybridized carbons (Fsp3) is 1.00. The van der Waals surface area contributed by atoms with Crippen molar-refractivity contribution in [2.24, 2.45) is 5.41 Å². The Morgan fingerprint density at radius 3 is 2.83 bits per heavy atom. The summed E-state index contributed by atoms with van der Waals surface area (Å²) < 4.78 is 5.70. The first kappa shape index (κ1) is 15.9. The molecule has 2 atom stereocenters. The van der Waals surface area contributed by atoms with E-state index in [0.29, 0.717) is 0 Å². The van der Waals surface area contributed by atoms with Gasteiger partial charge in [-0.15, -0.1) is 0 Å². The Kier molecular flexibility index (Phi) is 7.15. The van der Waals surface area contributed by atoms with Crippen molar-refractivity contribution in [3.8, 4) is 0 Å². The van der Waals surface area contributed by atoms with Crippen LogP contribution in [0.4, 0.5) is 0 Å². The third-order valence-electron chi connectivity index (χ3n) is 3.93. The van der Waals surface area contributed by atoms with Gasteiger partial charge in [-0.3, -0.25) is 0 Å². The standard InChI is InChI=1S/C14H30N2O2/c1-4-7-15-10-14(6-5-8-18-12-14)11-16(3)13(2)9-17/h13,15,17H,4-12H2,1-3H3. The van der Waals surface area contributed by atoms with Crippen molar-refractivity contribution in [1.82, 2.24) is 10.2 Å². The van der Waals surface area contributed by atoms with E-state index in [-0.39, 0.29) is 18.1 Å². The van der Waals surface area contributed by atoms with Crippen molar-refractivity contribution in [3.63, 3.8) is 0 Å². The van der Waals surface area contributed by atoms with E-state index >= 15 is 0 Å². The first-order valence-corrected chi connectivity index (χ1v) is 7.23. The van der Waals surface area contributed by atoms with Gasteiger partial charge in [-0.05, 0) is 39.8 Å². The molecule has 4 heteroatoms. The number of aliphatic hydroxyl groups is 1. The highest BCUT2D eigenvalue weighted by atomic mass is 16.5. The molecule has 2 N–H and O–H groups in total. The summed E-state index contributed by atoms with van der Waals surface area (Å²) in [6.07, 6.45) is 3.53. The van der Waals surface area contributed by atoms with E-state index in [0.717, 1.165) is 39.3 Å². The highest BCUT2D eigenvalue weighted by Gasteiger charge is 2.34. The SMILES string of the molecule is CCCNCC1(CN(C)C(C)CO)CCCOC1. The van der Waals surface area contributed by atoms with E-state index in [2.05, 4.69) is 31.1 Å². The summed E-state index contributed by atoms with van der Waals surface area (Å²) in [7, 11) is 2.09. The molecular weight excluding hydrogens is 228 g/mol. The van der Waals surface area contributed by atoms with Gasteiger partial charge >= 0.3 is 0 Å². The Bertz CT molecular complexity index is 218. The Balaban J connectivity index is 2.53. The molecule has 0 aromatic rings. The lowest BCUT2D eigenvalue weighted by molar-refractivity contribution is -0.0302. The van der Waals surface area contributed by atoms with Crippen LogP contribution in [-0.2, 0) is 4.74 Å². The van der Waals surface area contributed by atoms with E-state index in [1.807, 2.05) is 0 Å². The Morgan fingerprint density at radius 2 is 2.28 bits per heavy atom. The molecule has 0 amide bonds. The second-order valence-corrected chi connectivity index (χ2v) is 5.78. The second kappa shape index (κ2) is 8.10. The maximum Gasteiger partial charge on any atom is 0.0584 e. The van der Waals surface area contributed by atoms with Crippen LogP contribution < -0.4 is 5.32 Å². The van der Waals surface area contributed by atoms with Crippen molar-refractivity contribution in [3.05, 3.63) is 0 Å². The summed E-state index contributed by atoms with van der Waals surface area (Å²) in [6.45, 7) is 9.29. The van der Waals surface area contributed by atoms with Gasteiger partial charge in [-0.2, -0.15) is 0 Å². The lowest BCUT2D eigenvalue weighted by Crippen LogP contribution is -2.50. The third kappa shape index (κ3) is 4.84. The minimum atomic E-state index is 0.214. The molecule has 1 saturated heterocycles. The van der Waals surface area contributed by atoms with E-state index in [1.165, 1.54) is 12.8 Å². The number of hydrogen-bond donors (Lipinski definition) is 2. The summed E-state index contributed by atoms with van der Waals surface area (Å²) in [6, 6.07) is 0.218. The molecule has 0 aromatic carbocycles. The Labute approximate surface area is 112 Å². The van der Waals surface area contributed by atoms with Crippen LogP contribution in [0.15, 0.2) is 0 Å². The number of hydrogen-bond acceptors (Lipinski definition) is 4. The highest BCUT2D eigenvalue weighted by Crippen LogP contribution is 2.29. The molecule has 0 aliphatic carbocycles. The molecule has 0 saturated carbocycles. The molecule has 0 spiro atoms. The van der Waals surface area contributed by atoms with Crippen LogP contribution in [0.25, 0.3) is 0 Å². The van der Waals surface area contributed by atoms with E-state index in [4.69, 9.17) is 4.74 Å². The first-order chi connectivity index (χ1) is 8.63. The summed E-state index contributed by atoms with van der Waals surface area (Å²) in [5.74, 6) is 0. The van der Waals surface area contributed by atoms with Gasteiger partial charge in [0.1, 0.15) is 0 Å². The zero-order chi connectivity index (χ0) is 13.4. The van der Waals surface area contributed by atoms with Crippen molar-refractivity contribution in [2.45, 2.75) is 39.2 Å². The molecule has 1 aliphatic rings. The van der Waals surface area contributed by atoms with Crippen molar-refractivity contribution < 1.29 is 9.84 Å². The minimum Gasteiger partial charge on any atom is -0.395 e. The lowest BCUT2D eigenvalue weighted by Gasteiger charge is -2.41. The Morgan fingerprint density at radius 1 is 1.50 bits per heavy atom. The highest BCUT2D eigenvalue weighted by molar-refractivity contribution is 4.87. The molecule has 18 heavy (non-hydrogen) atoms. The maximum atomic E-state index is 9.24. The predicted molar refractivity (Wildman–Crippen MR) is 74.8 cm³/mol. The number of likely N-dealkylation sites (N-methyl/N-ethyl adjacent to an activating group) is 1. The molecule has 1 aliphatic heterocycles. The van der Waals surface area contributed by atoms with Gasteiger partial charge in [0, 0.05) is 31.2 Å². The molecule has 1 rings (SSSR count). The van der Waals surface area contributed by atoms with E-state index < -0.39 is 0 Å². The molecule has 0 bridgehead atoms. The molecule has 2 unspecified atom stereocenters. The number of nitrogens with one attached hydrogen (secondary N) is 1. The molecule has 1 fully saturated rings. The molecule has 4 nitrogen and oxygen atoms in total. The van der Waals surface area contributed by atoms with Crippen LogP contribution in [0.2, 0.25) is 0 Å². The largest absolute Gasteiger partial charge is 0.395 e. The molecule has 0 radical (unpaired) electrons. The van der Waals surface area contributed by atoms with Crippen LogP contribution >= 0.6 is 0 Å². The van der Waals surface area contributed by atoms with Crippen molar-refractivity contribution in [1.29, 1.82) is 0 Å². The predicted octanol–water partition coefficient (Wildman–Crippen LogP) is 1.10. The lowest BCUT2D eigenvalue weighted by atomic mass is 9.81. The normalized spacial score (nSPS) is 26.5. The molecule has 1 heterocycles. The van der Waals surface area contributed by atoms with Gasteiger partial charge in [0.2, 0.25) is 0 Å². The quantitative estimate of drug-likeness (QED) is 0.640. The fourth-order valence-corrected chi connectivity index (χ4v) is 2.58. The average Bonchev–Trinajstić information content (AvgIpc) is 2.39. The van der Waals surface area contributed by atoms with Gasteiger partial charge < -0.3 is 20.1 Å². The summed E-state index contributed by atoms with van der Waals surface area (Å²) in [5, 5.41) is 12.8. The summed E-state index contributed by atoms with van der Waals surface area (Å²) in [5.41, 5.74) is 0.214. The Hall–Kier alpha value is -0.160. The molecular formula is C14H30N2O2. The van der Waals surface area contributed by atoms with E-state index in [1.54, 1.807) is 0 Å². The summed E-state index contributed by atoms with van der Waals surface area (Å²) in [4.78, 5) is 2.25. The van der Waals surface area contributed by atoms with Crippen LogP contribution in [-0.4, -0.2) is 62.6 Å². The second-order valence-electron chi connectivity index (χ2n) is 5.78. The topological polar surface area (TPSA) is 44.7 Å². The zero-order valence-electron chi connectivity index (χ0n) is 12.2. The van der Waals surface area contributed by atoms with Crippen LogP contribution in [0, 0.1) is 5.41 Å². The number of aliphatic hydroxyl groups excluding tert-OH is 1. The van der Waals surface area contributed by atoms with Crippen molar-refractivity contribution in [2.75, 3.05) is 46.5 Å². The zero-order valence-corrected chi connectivity index (χ0v) is 12.2. The third-order valence-corrected chi connectivity index (χ3v) is 3.93. The fourth-order valence-electron chi connectivity index (χ4n) is 2.58. The maximum absolute atomic E-state index is 9.24. The van der Waals surface area contributed by atoms with Gasteiger partial charge in [-0.1, -0.05) is 6.92 Å². The number of ether oxygens (including phenoxy) is 1. The minimum absolute atomic E-state index is 0.214. The number of rotatable bonds is 8. The monoisotopic (exact) mass is 258 g/mol. The molecule has 108 valence electrons. The smallest absolute Gasteiger partial charge is 0.0584 e. The van der Waals surface area contributed by atoms with Gasteiger partial charge in [-0.25, -0.2) is 0 Å². The average molecular weight is 258 g/mol. The summed E-state index contributed by atoms with van der Waals surface area (Å²) >= 11 is 0. The van der Waals surface area contributed by atoms with Gasteiger partial charge in [0.25, 0.3) is 0 Å². The van der Waals surface area contributed by atoms with Crippen LogP contribution in [0.3, 0.4) is 0 Å². The van der Waals surface area contributed by atoms with Gasteiger partial charge in [0.05, 0.1) is 13.2 Å². The first-order valence-electron chi connectivity index (χ1n) is 7.23. The molecule has 0 aromatic heterocycles. The number of nitrogens with zero attached hydrogens (tertiary/aromatic N) is 1. The van der Waals surface area contributed by atoms with Crippen molar-refractivity contribution >= 4 is 0 Å².